The molecular formula is C22H21BrClN3OS. The number of halogens is 2. The summed E-state index contributed by atoms with van der Waals surface area (Å²) in [6.45, 7) is 4.16. The second-order valence-corrected chi connectivity index (χ2v) is 8.95. The molecule has 0 radical (unpaired) electrons. The van der Waals surface area contributed by atoms with Crippen LogP contribution in [0.5, 0.6) is 10.8 Å². The number of hydrogen-bond donors (Lipinski definition) is 0. The summed E-state index contributed by atoms with van der Waals surface area (Å²) in [5.41, 5.74) is 3.78. The second kappa shape index (κ2) is 9.28. The van der Waals surface area contributed by atoms with Gasteiger partial charge in [0, 0.05) is 30.2 Å². The molecule has 0 aliphatic carbocycles. The molecule has 0 atom stereocenters. The van der Waals surface area contributed by atoms with Crippen molar-refractivity contribution in [3.05, 3.63) is 57.5 Å². The lowest BCUT2D eigenvalue weighted by Crippen LogP contribution is -2.28. The van der Waals surface area contributed by atoms with Crippen LogP contribution in [0.4, 0.5) is 5.69 Å². The molecule has 0 spiro atoms. The summed E-state index contributed by atoms with van der Waals surface area (Å²) >= 11 is 11.4. The first-order valence-corrected chi connectivity index (χ1v) is 11.5. The molecule has 7 heteroatoms. The van der Waals surface area contributed by atoms with E-state index in [0.29, 0.717) is 15.8 Å². The molecular weight excluding hydrogens is 470 g/mol. The Hall–Kier alpha value is -1.89. The minimum absolute atomic E-state index is 0.531. The van der Waals surface area contributed by atoms with Gasteiger partial charge in [-0.25, -0.2) is 4.99 Å². The van der Waals surface area contributed by atoms with Crippen LogP contribution in [0.25, 0.3) is 11.3 Å². The van der Waals surface area contributed by atoms with Gasteiger partial charge in [-0.2, -0.15) is 4.37 Å². The quantitative estimate of drug-likeness (QED) is 0.275. The van der Waals surface area contributed by atoms with Crippen molar-refractivity contribution >= 4 is 51.1 Å². The Kier molecular flexibility index (Phi) is 6.53. The number of ether oxygens (including phenoxy) is 1. The number of likely N-dealkylation sites (tertiary alicyclic amines) is 1. The number of benzene rings is 2. The molecule has 4 rings (SSSR count). The zero-order valence-electron chi connectivity index (χ0n) is 16.1. The van der Waals surface area contributed by atoms with E-state index in [1.165, 1.54) is 30.8 Å². The summed E-state index contributed by atoms with van der Waals surface area (Å²) in [5.74, 6) is 0.602. The molecule has 0 amide bonds. The van der Waals surface area contributed by atoms with Crippen molar-refractivity contribution in [2.45, 2.75) is 26.2 Å². The average Bonchev–Trinajstić information content (AvgIpc) is 3.11. The van der Waals surface area contributed by atoms with Gasteiger partial charge in [-0.3, -0.25) is 0 Å². The van der Waals surface area contributed by atoms with Gasteiger partial charge >= 0.3 is 0 Å². The van der Waals surface area contributed by atoms with Crippen LogP contribution < -0.4 is 4.74 Å². The van der Waals surface area contributed by atoms with Gasteiger partial charge in [-0.1, -0.05) is 41.9 Å². The van der Waals surface area contributed by atoms with Gasteiger partial charge < -0.3 is 9.64 Å². The number of aryl methyl sites for hydroxylation is 1. The van der Waals surface area contributed by atoms with E-state index < -0.39 is 0 Å². The Labute approximate surface area is 188 Å². The smallest absolute Gasteiger partial charge is 0.215 e. The number of piperidine rings is 1. The van der Waals surface area contributed by atoms with Gasteiger partial charge in [-0.05, 0) is 59.8 Å². The molecule has 2 heterocycles. The molecule has 1 saturated heterocycles. The lowest BCUT2D eigenvalue weighted by molar-refractivity contribution is 0.351. The van der Waals surface area contributed by atoms with Gasteiger partial charge in [0.2, 0.25) is 5.06 Å². The first-order chi connectivity index (χ1) is 14.1. The summed E-state index contributed by atoms with van der Waals surface area (Å²) in [7, 11) is 0. The molecule has 0 bridgehead atoms. The highest BCUT2D eigenvalue weighted by Gasteiger charge is 2.17. The second-order valence-electron chi connectivity index (χ2n) is 7.01. The van der Waals surface area contributed by atoms with Crippen LogP contribution in [0.15, 0.2) is 51.9 Å². The third-order valence-corrected chi connectivity index (χ3v) is 6.88. The Balaban J connectivity index is 1.53. The Bertz CT molecular complexity index is 1020. The highest BCUT2D eigenvalue weighted by molar-refractivity contribution is 9.10. The molecule has 150 valence electrons. The molecule has 3 aromatic rings. The van der Waals surface area contributed by atoms with Crippen molar-refractivity contribution in [3.8, 4) is 22.1 Å². The third kappa shape index (κ3) is 4.82. The summed E-state index contributed by atoms with van der Waals surface area (Å²) in [4.78, 5) is 6.91. The number of hydrogen-bond acceptors (Lipinski definition) is 4. The van der Waals surface area contributed by atoms with Crippen molar-refractivity contribution in [1.29, 1.82) is 0 Å². The predicted molar refractivity (Wildman–Crippen MR) is 125 cm³/mol. The molecule has 29 heavy (non-hydrogen) atoms. The Morgan fingerprint density at radius 3 is 2.69 bits per heavy atom. The van der Waals surface area contributed by atoms with E-state index in [1.54, 1.807) is 0 Å². The largest absolute Gasteiger partial charge is 0.442 e. The van der Waals surface area contributed by atoms with Gasteiger partial charge in [0.15, 0.2) is 0 Å². The molecule has 1 fully saturated rings. The minimum atomic E-state index is 0.531. The maximum absolute atomic E-state index is 6.51. The molecule has 2 aromatic carbocycles. The lowest BCUT2D eigenvalue weighted by atomic mass is 10.1. The molecule has 0 unspecified atom stereocenters. The van der Waals surface area contributed by atoms with Crippen LogP contribution in [0.2, 0.25) is 5.02 Å². The third-order valence-electron chi connectivity index (χ3n) is 4.86. The van der Waals surface area contributed by atoms with E-state index in [0.717, 1.165) is 40.1 Å². The fourth-order valence-corrected chi connectivity index (χ4v) is 4.85. The van der Waals surface area contributed by atoms with Gasteiger partial charge in [0.05, 0.1) is 21.5 Å². The topological polar surface area (TPSA) is 37.7 Å². The van der Waals surface area contributed by atoms with Crippen molar-refractivity contribution in [1.82, 2.24) is 9.27 Å². The summed E-state index contributed by atoms with van der Waals surface area (Å²) in [5, 5.41) is 1.21. The summed E-state index contributed by atoms with van der Waals surface area (Å²) < 4.78 is 11.4. The van der Waals surface area contributed by atoms with E-state index in [2.05, 4.69) is 30.2 Å². The van der Waals surface area contributed by atoms with E-state index in [4.69, 9.17) is 16.3 Å². The van der Waals surface area contributed by atoms with E-state index in [-0.39, 0.29) is 0 Å². The van der Waals surface area contributed by atoms with Crippen LogP contribution in [0, 0.1) is 6.92 Å². The first kappa shape index (κ1) is 20.4. The van der Waals surface area contributed by atoms with Gasteiger partial charge in [0.1, 0.15) is 11.4 Å². The average molecular weight is 491 g/mol. The summed E-state index contributed by atoms with van der Waals surface area (Å²) in [6, 6.07) is 13.8. The molecule has 1 aliphatic heterocycles. The normalized spacial score (nSPS) is 14.5. The lowest BCUT2D eigenvalue weighted by Gasteiger charge is -2.23. The monoisotopic (exact) mass is 489 g/mol. The molecule has 1 aliphatic rings. The maximum Gasteiger partial charge on any atom is 0.215 e. The highest BCUT2D eigenvalue weighted by atomic mass is 79.9. The number of nitrogens with zero attached hydrogens (tertiary/aromatic N) is 3. The van der Waals surface area contributed by atoms with Crippen LogP contribution >= 0.6 is 39.1 Å². The van der Waals surface area contributed by atoms with Crippen molar-refractivity contribution in [2.24, 2.45) is 4.99 Å². The fraction of sp³-hybridized carbons (Fsp3) is 0.273. The zero-order valence-corrected chi connectivity index (χ0v) is 19.2. The Morgan fingerprint density at radius 1 is 1.17 bits per heavy atom. The van der Waals surface area contributed by atoms with Crippen molar-refractivity contribution in [2.75, 3.05) is 13.1 Å². The first-order valence-electron chi connectivity index (χ1n) is 9.58. The van der Waals surface area contributed by atoms with Gasteiger partial charge in [-0.15, -0.1) is 0 Å². The molecule has 0 saturated carbocycles. The minimum Gasteiger partial charge on any atom is -0.442 e. The Morgan fingerprint density at radius 2 is 1.93 bits per heavy atom. The van der Waals surface area contributed by atoms with Crippen LogP contribution in [0.3, 0.4) is 0 Å². The van der Waals surface area contributed by atoms with Crippen LogP contribution in [-0.2, 0) is 0 Å². The molecule has 4 nitrogen and oxygen atoms in total. The van der Waals surface area contributed by atoms with E-state index in [9.17, 15) is 0 Å². The highest BCUT2D eigenvalue weighted by Crippen LogP contribution is 2.43. The molecule has 0 N–H and O–H groups in total. The molecule has 1 aromatic heterocycles. The fourth-order valence-electron chi connectivity index (χ4n) is 3.24. The summed E-state index contributed by atoms with van der Waals surface area (Å²) in [6.07, 6.45) is 5.70. The zero-order chi connectivity index (χ0) is 20.2. The number of aromatic nitrogens is 1. The van der Waals surface area contributed by atoms with Crippen molar-refractivity contribution < 1.29 is 4.74 Å². The van der Waals surface area contributed by atoms with E-state index in [1.807, 2.05) is 55.7 Å². The predicted octanol–water partition coefficient (Wildman–Crippen LogP) is 7.47. The van der Waals surface area contributed by atoms with Gasteiger partial charge in [0.25, 0.3) is 0 Å². The maximum atomic E-state index is 6.51. The van der Waals surface area contributed by atoms with Crippen LogP contribution in [-0.4, -0.2) is 28.7 Å². The van der Waals surface area contributed by atoms with E-state index >= 15 is 0 Å². The number of rotatable bonds is 5. The van der Waals surface area contributed by atoms with Crippen LogP contribution in [0.1, 0.15) is 24.8 Å². The standard InChI is InChI=1S/C22H21BrClN3OS/c1-15-12-19(17(24)13-18(15)25-14-27-10-6-3-7-11-27)28-22-20(23)21(26-29-22)16-8-4-2-5-9-16/h2,4-5,8-9,12-14H,3,6-7,10-11H2,1H3. The SMILES string of the molecule is Cc1cc(Oc2snc(-c3ccccc3)c2Br)c(Cl)cc1N=CN1CCCCC1. The number of aliphatic imine (C=N–C) groups is 1. The van der Waals surface area contributed by atoms with Crippen molar-refractivity contribution in [3.63, 3.8) is 0 Å².